The van der Waals surface area contributed by atoms with E-state index >= 15 is 0 Å². The number of hydrogen-bond acceptors (Lipinski definition) is 3. The zero-order chi connectivity index (χ0) is 14.1. The second-order valence-corrected chi connectivity index (χ2v) is 5.53. The Morgan fingerprint density at radius 2 is 1.89 bits per heavy atom. The number of rotatable bonds is 10. The van der Waals surface area contributed by atoms with E-state index in [1.807, 2.05) is 0 Å². The number of unbranched alkanes of at least 4 members (excludes halogenated alkanes) is 2. The molecule has 1 heterocycles. The lowest BCUT2D eigenvalue weighted by atomic mass is 10.2. The van der Waals surface area contributed by atoms with Gasteiger partial charge >= 0.3 is 0 Å². The maximum atomic E-state index is 4.55. The van der Waals surface area contributed by atoms with E-state index in [1.54, 1.807) is 0 Å². The van der Waals surface area contributed by atoms with Crippen molar-refractivity contribution in [1.29, 1.82) is 0 Å². The molecule has 0 spiro atoms. The number of aromatic nitrogens is 3. The molecule has 0 aliphatic heterocycles. The van der Waals surface area contributed by atoms with Gasteiger partial charge in [-0.05, 0) is 31.8 Å². The van der Waals surface area contributed by atoms with Crippen LogP contribution in [0.15, 0.2) is 0 Å². The van der Waals surface area contributed by atoms with Crippen LogP contribution in [0.5, 0.6) is 0 Å². The maximum Gasteiger partial charge on any atom is 0.150 e. The van der Waals surface area contributed by atoms with Gasteiger partial charge in [-0.25, -0.2) is 9.67 Å². The summed E-state index contributed by atoms with van der Waals surface area (Å²) in [6.07, 6.45) is 5.62. The average Bonchev–Trinajstić information content (AvgIpc) is 2.79. The highest BCUT2D eigenvalue weighted by molar-refractivity contribution is 4.92. The Kier molecular flexibility index (Phi) is 7.72. The van der Waals surface area contributed by atoms with Crippen molar-refractivity contribution in [1.82, 2.24) is 20.1 Å². The van der Waals surface area contributed by atoms with E-state index in [0.29, 0.717) is 0 Å². The topological polar surface area (TPSA) is 42.7 Å². The molecule has 0 aromatic carbocycles. The van der Waals surface area contributed by atoms with Crippen molar-refractivity contribution in [2.45, 2.75) is 66.3 Å². The maximum absolute atomic E-state index is 4.55. The lowest BCUT2D eigenvalue weighted by Gasteiger charge is -2.07. The zero-order valence-electron chi connectivity index (χ0n) is 13.1. The summed E-state index contributed by atoms with van der Waals surface area (Å²) in [5, 5.41) is 8.03. The summed E-state index contributed by atoms with van der Waals surface area (Å²) in [5.41, 5.74) is 0. The second-order valence-electron chi connectivity index (χ2n) is 5.53. The van der Waals surface area contributed by atoms with Crippen LogP contribution >= 0.6 is 0 Å². The molecule has 1 rings (SSSR count). The molecular weight excluding hydrogens is 236 g/mol. The van der Waals surface area contributed by atoms with Gasteiger partial charge in [0.05, 0.1) is 0 Å². The zero-order valence-corrected chi connectivity index (χ0v) is 13.1. The third-order valence-electron chi connectivity index (χ3n) is 3.20. The minimum atomic E-state index is 0.745. The van der Waals surface area contributed by atoms with Gasteiger partial charge in [0.2, 0.25) is 0 Å². The van der Waals surface area contributed by atoms with Gasteiger partial charge in [0.1, 0.15) is 5.82 Å². The van der Waals surface area contributed by atoms with E-state index in [9.17, 15) is 0 Å². The van der Waals surface area contributed by atoms with Gasteiger partial charge in [0, 0.05) is 19.4 Å². The summed E-state index contributed by atoms with van der Waals surface area (Å²) in [6, 6.07) is 0. The fourth-order valence-electron chi connectivity index (χ4n) is 2.10. The van der Waals surface area contributed by atoms with Crippen LogP contribution in [0.4, 0.5) is 0 Å². The molecule has 19 heavy (non-hydrogen) atoms. The lowest BCUT2D eigenvalue weighted by Crippen LogP contribution is -2.20. The Morgan fingerprint density at radius 3 is 2.53 bits per heavy atom. The number of hydrogen-bond donors (Lipinski definition) is 1. The van der Waals surface area contributed by atoms with Crippen molar-refractivity contribution in [2.75, 3.05) is 13.1 Å². The van der Waals surface area contributed by atoms with Gasteiger partial charge in [-0.15, -0.1) is 0 Å². The van der Waals surface area contributed by atoms with Crippen LogP contribution in [0.3, 0.4) is 0 Å². The fourth-order valence-corrected chi connectivity index (χ4v) is 2.10. The Balaban J connectivity index is 2.16. The first kappa shape index (κ1) is 16.2. The van der Waals surface area contributed by atoms with Gasteiger partial charge in [-0.3, -0.25) is 0 Å². The van der Waals surface area contributed by atoms with Gasteiger partial charge in [0.15, 0.2) is 5.82 Å². The van der Waals surface area contributed by atoms with Crippen molar-refractivity contribution in [3.05, 3.63) is 11.6 Å². The molecule has 1 N–H and O–H groups in total. The van der Waals surface area contributed by atoms with Crippen molar-refractivity contribution in [2.24, 2.45) is 5.92 Å². The summed E-state index contributed by atoms with van der Waals surface area (Å²) < 4.78 is 2.10. The van der Waals surface area contributed by atoms with Gasteiger partial charge in [-0.1, -0.05) is 34.1 Å². The Hall–Kier alpha value is -0.900. The van der Waals surface area contributed by atoms with Gasteiger partial charge in [0.25, 0.3) is 0 Å². The third kappa shape index (κ3) is 6.19. The van der Waals surface area contributed by atoms with Crippen molar-refractivity contribution >= 4 is 0 Å². The molecule has 0 aliphatic carbocycles. The van der Waals surface area contributed by atoms with Gasteiger partial charge < -0.3 is 5.32 Å². The molecule has 0 aliphatic rings. The summed E-state index contributed by atoms with van der Waals surface area (Å²) >= 11 is 0. The normalized spacial score (nSPS) is 11.4. The fraction of sp³-hybridized carbons (Fsp3) is 0.867. The highest BCUT2D eigenvalue weighted by atomic mass is 15.3. The number of nitrogens with one attached hydrogen (secondary N) is 1. The van der Waals surface area contributed by atoms with E-state index < -0.39 is 0 Å². The molecule has 0 atom stereocenters. The molecule has 4 heteroatoms. The second kappa shape index (κ2) is 9.08. The van der Waals surface area contributed by atoms with Crippen molar-refractivity contribution in [3.8, 4) is 0 Å². The highest BCUT2D eigenvalue weighted by Crippen LogP contribution is 2.04. The molecule has 1 aromatic heterocycles. The smallest absolute Gasteiger partial charge is 0.150 e. The minimum Gasteiger partial charge on any atom is -0.316 e. The minimum absolute atomic E-state index is 0.745. The number of nitrogens with zero attached hydrogens (tertiary/aromatic N) is 3. The monoisotopic (exact) mass is 266 g/mol. The average molecular weight is 266 g/mol. The Labute approximate surface area is 118 Å². The van der Waals surface area contributed by atoms with E-state index in [0.717, 1.165) is 50.0 Å². The van der Waals surface area contributed by atoms with E-state index in [1.165, 1.54) is 19.3 Å². The van der Waals surface area contributed by atoms with Crippen LogP contribution in [0.25, 0.3) is 0 Å². The number of aryl methyl sites for hydroxylation is 3. The molecule has 0 saturated carbocycles. The highest BCUT2D eigenvalue weighted by Gasteiger charge is 2.06. The Morgan fingerprint density at radius 1 is 1.11 bits per heavy atom. The largest absolute Gasteiger partial charge is 0.316 e. The molecule has 0 fully saturated rings. The first-order chi connectivity index (χ1) is 9.17. The van der Waals surface area contributed by atoms with Gasteiger partial charge in [-0.2, -0.15) is 5.10 Å². The van der Waals surface area contributed by atoms with Crippen molar-refractivity contribution in [3.63, 3.8) is 0 Å². The van der Waals surface area contributed by atoms with E-state index in [-0.39, 0.29) is 0 Å². The lowest BCUT2D eigenvalue weighted by molar-refractivity contribution is 0.496. The molecule has 110 valence electrons. The third-order valence-corrected chi connectivity index (χ3v) is 3.20. The first-order valence-electron chi connectivity index (χ1n) is 7.80. The molecule has 0 amide bonds. The van der Waals surface area contributed by atoms with Crippen LogP contribution in [-0.2, 0) is 19.4 Å². The van der Waals surface area contributed by atoms with Crippen molar-refractivity contribution < 1.29 is 0 Å². The first-order valence-corrected chi connectivity index (χ1v) is 7.80. The van der Waals surface area contributed by atoms with Crippen LogP contribution in [0.1, 0.15) is 58.6 Å². The summed E-state index contributed by atoms with van der Waals surface area (Å²) in [5.74, 6) is 2.86. The van der Waals surface area contributed by atoms with Crippen LogP contribution in [0, 0.1) is 5.92 Å². The summed E-state index contributed by atoms with van der Waals surface area (Å²) in [6.45, 7) is 12.0. The standard InChI is InChI=1S/C15H30N4/c1-5-14-17-15(6-2)19(18-14)11-9-7-8-10-16-12-13(3)4/h13,16H,5-12H2,1-4H3. The molecule has 1 aromatic rings. The quantitative estimate of drug-likeness (QED) is 0.662. The summed E-state index contributed by atoms with van der Waals surface area (Å²) in [7, 11) is 0. The molecule has 0 saturated heterocycles. The molecule has 4 nitrogen and oxygen atoms in total. The predicted octanol–water partition coefficient (Wildman–Crippen LogP) is 2.82. The molecule has 0 radical (unpaired) electrons. The predicted molar refractivity (Wildman–Crippen MR) is 80.3 cm³/mol. The SMILES string of the molecule is CCc1nc(CC)n(CCCCCNCC(C)C)n1. The summed E-state index contributed by atoms with van der Waals surface area (Å²) in [4.78, 5) is 4.53. The van der Waals surface area contributed by atoms with Crippen LogP contribution in [-0.4, -0.2) is 27.9 Å². The van der Waals surface area contributed by atoms with E-state index in [2.05, 4.69) is 47.8 Å². The molecule has 0 unspecified atom stereocenters. The Bertz CT molecular complexity index is 344. The van der Waals surface area contributed by atoms with Crippen LogP contribution in [0.2, 0.25) is 0 Å². The van der Waals surface area contributed by atoms with Crippen LogP contribution < -0.4 is 5.32 Å². The van der Waals surface area contributed by atoms with E-state index in [4.69, 9.17) is 0 Å². The molecular formula is C15H30N4. The molecule has 0 bridgehead atoms.